The van der Waals surface area contributed by atoms with Crippen LogP contribution in [0.5, 0.6) is 5.75 Å². The molecule has 2 aromatic rings. The number of phenolic OH excluding ortho intramolecular Hbond substituents is 1. The summed E-state index contributed by atoms with van der Waals surface area (Å²) >= 11 is 5.62. The lowest BCUT2D eigenvalue weighted by Crippen LogP contribution is -1.79. The lowest BCUT2D eigenvalue weighted by Gasteiger charge is -1.96. The topological polar surface area (TPSA) is 46.3 Å². The van der Waals surface area contributed by atoms with Gasteiger partial charge in [-0.25, -0.2) is 0 Å². The molecule has 14 heavy (non-hydrogen) atoms. The van der Waals surface area contributed by atoms with Crippen molar-refractivity contribution in [3.05, 3.63) is 35.4 Å². The third-order valence-corrected chi connectivity index (χ3v) is 2.07. The molecule has 4 heteroatoms. The minimum absolute atomic E-state index is 0.130. The Morgan fingerprint density at radius 1 is 1.29 bits per heavy atom. The van der Waals surface area contributed by atoms with Crippen LogP contribution in [0.1, 0.15) is 5.76 Å². The van der Waals surface area contributed by atoms with Crippen molar-refractivity contribution in [1.29, 1.82) is 0 Å². The summed E-state index contributed by atoms with van der Waals surface area (Å²) in [5.41, 5.74) is 1.57. The van der Waals surface area contributed by atoms with Crippen molar-refractivity contribution in [2.24, 2.45) is 0 Å². The number of nitrogens with zero attached hydrogens (tertiary/aromatic N) is 1. The molecule has 0 spiro atoms. The number of hydrogen-bond donors (Lipinski definition) is 1. The average Bonchev–Trinajstić information content (AvgIpc) is 2.47. The van der Waals surface area contributed by atoms with Crippen LogP contribution in [0.15, 0.2) is 28.7 Å². The van der Waals surface area contributed by atoms with Gasteiger partial charge >= 0.3 is 0 Å². The Labute approximate surface area is 86.0 Å². The summed E-state index contributed by atoms with van der Waals surface area (Å²) in [5.74, 6) is 0.890. The van der Waals surface area contributed by atoms with E-state index in [4.69, 9.17) is 21.1 Å². The maximum Gasteiger partial charge on any atom is 0.292 e. The summed E-state index contributed by atoms with van der Waals surface area (Å²) in [4.78, 5) is 4.03. The fourth-order valence-corrected chi connectivity index (χ4v) is 1.45. The minimum Gasteiger partial charge on any atom is -0.508 e. The van der Waals surface area contributed by atoms with Crippen molar-refractivity contribution in [3.8, 4) is 17.0 Å². The second-order valence-corrected chi connectivity index (χ2v) is 3.24. The van der Waals surface area contributed by atoms with Gasteiger partial charge in [0.25, 0.3) is 5.35 Å². The predicted octanol–water partition coefficient (Wildman–Crippen LogP) is 3.01. The van der Waals surface area contributed by atoms with Crippen molar-refractivity contribution in [3.63, 3.8) is 0 Å². The van der Waals surface area contributed by atoms with Crippen molar-refractivity contribution in [2.45, 2.75) is 6.92 Å². The summed E-state index contributed by atoms with van der Waals surface area (Å²) < 4.78 is 5.09. The first-order valence-corrected chi connectivity index (χ1v) is 4.47. The average molecular weight is 210 g/mol. The van der Waals surface area contributed by atoms with Crippen LogP contribution in [-0.2, 0) is 0 Å². The first-order valence-electron chi connectivity index (χ1n) is 4.09. The van der Waals surface area contributed by atoms with Gasteiger partial charge in [0, 0.05) is 5.56 Å². The number of hydrogen-bond acceptors (Lipinski definition) is 3. The maximum absolute atomic E-state index is 9.11. The maximum atomic E-state index is 9.11. The van der Waals surface area contributed by atoms with E-state index in [1.807, 2.05) is 0 Å². The molecule has 1 heterocycles. The lowest BCUT2D eigenvalue weighted by atomic mass is 10.1. The normalized spacial score (nSPS) is 10.4. The molecular formula is C10H8ClNO2. The van der Waals surface area contributed by atoms with Crippen LogP contribution in [-0.4, -0.2) is 10.1 Å². The van der Waals surface area contributed by atoms with E-state index < -0.39 is 0 Å². The van der Waals surface area contributed by atoms with Crippen molar-refractivity contribution >= 4 is 11.6 Å². The number of aromatic hydroxyl groups is 1. The third-order valence-electron chi connectivity index (χ3n) is 1.91. The van der Waals surface area contributed by atoms with Crippen LogP contribution in [0.3, 0.4) is 0 Å². The highest BCUT2D eigenvalue weighted by atomic mass is 35.5. The number of phenols is 1. The Balaban J connectivity index is 2.49. The lowest BCUT2D eigenvalue weighted by molar-refractivity contribution is 0.475. The number of oxazole rings is 1. The highest BCUT2D eigenvalue weighted by Gasteiger charge is 2.09. The highest BCUT2D eigenvalue weighted by molar-refractivity contribution is 6.27. The molecule has 1 N–H and O–H groups in total. The molecule has 0 aliphatic carbocycles. The van der Waals surface area contributed by atoms with E-state index in [1.54, 1.807) is 31.2 Å². The molecule has 0 aliphatic rings. The summed E-state index contributed by atoms with van der Waals surface area (Å²) in [7, 11) is 0. The van der Waals surface area contributed by atoms with Gasteiger partial charge in [-0.05, 0) is 42.8 Å². The molecule has 1 aromatic carbocycles. The summed E-state index contributed by atoms with van der Waals surface area (Å²) in [6.45, 7) is 1.79. The Hall–Kier alpha value is -1.48. The summed E-state index contributed by atoms with van der Waals surface area (Å²) in [6, 6.07) is 6.71. The predicted molar refractivity (Wildman–Crippen MR) is 53.4 cm³/mol. The van der Waals surface area contributed by atoms with E-state index in [2.05, 4.69) is 4.98 Å². The van der Waals surface area contributed by atoms with E-state index in [0.717, 1.165) is 5.56 Å². The van der Waals surface area contributed by atoms with Gasteiger partial charge in [-0.1, -0.05) is 0 Å². The Kier molecular flexibility index (Phi) is 2.17. The van der Waals surface area contributed by atoms with Crippen LogP contribution in [0.2, 0.25) is 5.35 Å². The number of benzene rings is 1. The SMILES string of the molecule is Cc1oc(Cl)nc1-c1ccc(O)cc1. The summed E-state index contributed by atoms with van der Waals surface area (Å²) in [5, 5.41) is 9.24. The van der Waals surface area contributed by atoms with E-state index in [1.165, 1.54) is 0 Å². The fourth-order valence-electron chi connectivity index (χ4n) is 1.25. The number of aromatic nitrogens is 1. The van der Waals surface area contributed by atoms with Gasteiger partial charge < -0.3 is 9.52 Å². The standard InChI is InChI=1S/C10H8ClNO2/c1-6-9(12-10(11)14-6)7-2-4-8(13)5-3-7/h2-5,13H,1H3. The molecule has 0 fully saturated rings. The molecule has 0 amide bonds. The van der Waals surface area contributed by atoms with E-state index in [-0.39, 0.29) is 11.1 Å². The number of halogens is 1. The molecule has 1 aromatic heterocycles. The molecule has 0 atom stereocenters. The molecule has 72 valence electrons. The molecular weight excluding hydrogens is 202 g/mol. The van der Waals surface area contributed by atoms with Crippen molar-refractivity contribution in [2.75, 3.05) is 0 Å². The Bertz CT molecular complexity index is 448. The minimum atomic E-state index is 0.130. The molecule has 0 bridgehead atoms. The molecule has 0 aliphatic heterocycles. The second kappa shape index (κ2) is 3.35. The zero-order chi connectivity index (χ0) is 10.1. The fraction of sp³-hybridized carbons (Fsp3) is 0.100. The van der Waals surface area contributed by atoms with E-state index >= 15 is 0 Å². The summed E-state index contributed by atoms with van der Waals surface area (Å²) in [6.07, 6.45) is 0. The van der Waals surface area contributed by atoms with Crippen LogP contribution < -0.4 is 0 Å². The monoisotopic (exact) mass is 209 g/mol. The molecule has 0 saturated heterocycles. The van der Waals surface area contributed by atoms with Gasteiger partial charge in [0.15, 0.2) is 0 Å². The first kappa shape index (κ1) is 9.09. The molecule has 2 rings (SSSR count). The highest BCUT2D eigenvalue weighted by Crippen LogP contribution is 2.26. The van der Waals surface area contributed by atoms with Crippen molar-refractivity contribution in [1.82, 2.24) is 4.98 Å². The Morgan fingerprint density at radius 3 is 2.43 bits per heavy atom. The van der Waals surface area contributed by atoms with E-state index in [9.17, 15) is 0 Å². The van der Waals surface area contributed by atoms with E-state index in [0.29, 0.717) is 11.5 Å². The largest absolute Gasteiger partial charge is 0.508 e. The van der Waals surface area contributed by atoms with Crippen LogP contribution in [0.4, 0.5) is 0 Å². The van der Waals surface area contributed by atoms with Gasteiger partial charge in [-0.15, -0.1) is 0 Å². The van der Waals surface area contributed by atoms with Crippen molar-refractivity contribution < 1.29 is 9.52 Å². The number of rotatable bonds is 1. The molecule has 0 saturated carbocycles. The van der Waals surface area contributed by atoms with Gasteiger partial charge in [-0.3, -0.25) is 0 Å². The molecule has 0 unspecified atom stereocenters. The van der Waals surface area contributed by atoms with Gasteiger partial charge in [0.2, 0.25) is 0 Å². The zero-order valence-electron chi connectivity index (χ0n) is 7.49. The third kappa shape index (κ3) is 1.59. The zero-order valence-corrected chi connectivity index (χ0v) is 8.25. The number of aryl methyl sites for hydroxylation is 1. The van der Waals surface area contributed by atoms with Gasteiger partial charge in [0.05, 0.1) is 0 Å². The first-order chi connectivity index (χ1) is 6.66. The Morgan fingerprint density at radius 2 is 1.93 bits per heavy atom. The molecule has 0 radical (unpaired) electrons. The smallest absolute Gasteiger partial charge is 0.292 e. The van der Waals surface area contributed by atoms with Gasteiger partial charge in [-0.2, -0.15) is 4.98 Å². The van der Waals surface area contributed by atoms with Crippen LogP contribution in [0, 0.1) is 6.92 Å². The quantitative estimate of drug-likeness (QED) is 0.785. The second-order valence-electron chi connectivity index (χ2n) is 2.92. The van der Waals surface area contributed by atoms with Crippen LogP contribution >= 0.6 is 11.6 Å². The van der Waals surface area contributed by atoms with Crippen LogP contribution in [0.25, 0.3) is 11.3 Å². The van der Waals surface area contributed by atoms with Gasteiger partial charge in [0.1, 0.15) is 17.2 Å². The molecule has 3 nitrogen and oxygen atoms in total.